The quantitative estimate of drug-likeness (QED) is 0.907. The number of halogens is 1. The van der Waals surface area contributed by atoms with Gasteiger partial charge >= 0.3 is 6.03 Å². The summed E-state index contributed by atoms with van der Waals surface area (Å²) >= 11 is 0. The molecule has 126 valence electrons. The highest BCUT2D eigenvalue weighted by atomic mass is 19.1. The van der Waals surface area contributed by atoms with Gasteiger partial charge in [0.15, 0.2) is 0 Å². The van der Waals surface area contributed by atoms with Gasteiger partial charge in [-0.2, -0.15) is 0 Å². The highest BCUT2D eigenvalue weighted by molar-refractivity contribution is 5.75. The number of nitrogens with one attached hydrogen (secondary N) is 1. The summed E-state index contributed by atoms with van der Waals surface area (Å²) in [6, 6.07) is 15.2. The zero-order valence-electron chi connectivity index (χ0n) is 13.4. The summed E-state index contributed by atoms with van der Waals surface area (Å²) < 4.78 is 13.6. The van der Waals surface area contributed by atoms with Crippen molar-refractivity contribution in [2.45, 2.75) is 12.5 Å². The first-order valence-electron chi connectivity index (χ1n) is 8.14. The zero-order chi connectivity index (χ0) is 16.9. The van der Waals surface area contributed by atoms with E-state index in [1.807, 2.05) is 36.4 Å². The molecule has 2 aromatic rings. The number of urea groups is 1. The Morgan fingerprint density at radius 2 is 1.96 bits per heavy atom. The number of aliphatic hydroxyl groups excluding tert-OH is 1. The maximum absolute atomic E-state index is 13.6. The van der Waals surface area contributed by atoms with Gasteiger partial charge < -0.3 is 15.3 Å². The molecule has 0 spiro atoms. The van der Waals surface area contributed by atoms with E-state index in [2.05, 4.69) is 5.32 Å². The summed E-state index contributed by atoms with van der Waals surface area (Å²) in [5.74, 6) is -0.190. The zero-order valence-corrected chi connectivity index (χ0v) is 13.4. The van der Waals surface area contributed by atoms with E-state index in [-0.39, 0.29) is 24.4 Å². The average molecular weight is 328 g/mol. The van der Waals surface area contributed by atoms with Crippen LogP contribution in [0.1, 0.15) is 23.6 Å². The lowest BCUT2D eigenvalue weighted by Gasteiger charge is -2.24. The van der Waals surface area contributed by atoms with Crippen LogP contribution in [0.4, 0.5) is 9.18 Å². The van der Waals surface area contributed by atoms with Crippen LogP contribution in [0.15, 0.2) is 54.6 Å². The molecule has 2 aromatic carbocycles. The minimum Gasteiger partial charge on any atom is -0.396 e. The number of rotatable bonds is 4. The molecule has 3 rings (SSSR count). The van der Waals surface area contributed by atoms with Crippen LogP contribution in [0, 0.1) is 11.7 Å². The molecule has 2 unspecified atom stereocenters. The number of carbonyl (C=O) groups excluding carboxylic acids is 1. The van der Waals surface area contributed by atoms with Crippen molar-refractivity contribution in [1.82, 2.24) is 10.2 Å². The van der Waals surface area contributed by atoms with Crippen LogP contribution >= 0.6 is 0 Å². The number of likely N-dealkylation sites (tertiary alicyclic amines) is 1. The lowest BCUT2D eigenvalue weighted by molar-refractivity contribution is 0.196. The third-order valence-electron chi connectivity index (χ3n) is 4.41. The van der Waals surface area contributed by atoms with Crippen molar-refractivity contribution in [2.24, 2.45) is 5.92 Å². The summed E-state index contributed by atoms with van der Waals surface area (Å²) in [7, 11) is 0. The van der Waals surface area contributed by atoms with Gasteiger partial charge in [0, 0.05) is 25.6 Å². The number of carbonyl (C=O) groups is 1. The van der Waals surface area contributed by atoms with Crippen LogP contribution in [0.2, 0.25) is 0 Å². The summed E-state index contributed by atoms with van der Waals surface area (Å²) in [6.45, 7) is 1.27. The Morgan fingerprint density at radius 1 is 1.21 bits per heavy atom. The second-order valence-electron chi connectivity index (χ2n) is 6.13. The Hall–Kier alpha value is -2.40. The van der Waals surface area contributed by atoms with Crippen molar-refractivity contribution in [2.75, 3.05) is 19.7 Å². The van der Waals surface area contributed by atoms with Crippen LogP contribution < -0.4 is 5.32 Å². The molecule has 1 aliphatic heterocycles. The third kappa shape index (κ3) is 3.74. The molecule has 2 atom stereocenters. The van der Waals surface area contributed by atoms with Crippen molar-refractivity contribution >= 4 is 6.03 Å². The third-order valence-corrected chi connectivity index (χ3v) is 4.41. The van der Waals surface area contributed by atoms with Gasteiger partial charge in [0.1, 0.15) is 5.82 Å². The molecule has 2 N–H and O–H groups in total. The average Bonchev–Trinajstić information content (AvgIpc) is 3.09. The van der Waals surface area contributed by atoms with Gasteiger partial charge in [0.2, 0.25) is 0 Å². The minimum absolute atomic E-state index is 0.0930. The molecule has 24 heavy (non-hydrogen) atoms. The summed E-state index contributed by atoms with van der Waals surface area (Å²) in [6.07, 6.45) is 0.805. The van der Waals surface area contributed by atoms with Crippen LogP contribution in [0.25, 0.3) is 0 Å². The van der Waals surface area contributed by atoms with E-state index in [1.54, 1.807) is 11.0 Å². The first-order valence-corrected chi connectivity index (χ1v) is 8.14. The smallest absolute Gasteiger partial charge is 0.318 e. The standard InChI is InChI=1S/C19H21FN2O2/c20-17-8-4-7-16(11-17)18(15-5-2-1-3-6-15)21-19(24)22-10-9-14(12-22)13-23/h1-8,11,14,18,23H,9-10,12-13H2,(H,21,24). The highest BCUT2D eigenvalue weighted by Crippen LogP contribution is 2.24. The van der Waals surface area contributed by atoms with Crippen LogP contribution in [-0.4, -0.2) is 35.7 Å². The first-order chi connectivity index (χ1) is 11.7. The van der Waals surface area contributed by atoms with Crippen LogP contribution in [0.3, 0.4) is 0 Å². The molecule has 0 saturated carbocycles. The Balaban J connectivity index is 1.82. The lowest BCUT2D eigenvalue weighted by atomic mass is 9.99. The highest BCUT2D eigenvalue weighted by Gasteiger charge is 2.27. The predicted molar refractivity (Wildman–Crippen MR) is 90.0 cm³/mol. The minimum atomic E-state index is -0.414. The van der Waals surface area contributed by atoms with E-state index in [0.29, 0.717) is 18.7 Å². The molecule has 0 aliphatic carbocycles. The topological polar surface area (TPSA) is 52.6 Å². The molecule has 1 saturated heterocycles. The molecular weight excluding hydrogens is 307 g/mol. The maximum Gasteiger partial charge on any atom is 0.318 e. The van der Waals surface area contributed by atoms with Crippen LogP contribution in [0.5, 0.6) is 0 Å². The van der Waals surface area contributed by atoms with E-state index in [9.17, 15) is 14.3 Å². The molecule has 5 heteroatoms. The molecule has 1 heterocycles. The molecule has 2 amide bonds. The fourth-order valence-electron chi connectivity index (χ4n) is 3.07. The number of benzene rings is 2. The molecule has 0 radical (unpaired) electrons. The second kappa shape index (κ2) is 7.45. The maximum atomic E-state index is 13.6. The first kappa shape index (κ1) is 16.5. The van der Waals surface area contributed by atoms with E-state index < -0.39 is 6.04 Å². The Labute approximate surface area is 140 Å². The van der Waals surface area contributed by atoms with E-state index in [4.69, 9.17) is 0 Å². The van der Waals surface area contributed by atoms with Gasteiger partial charge in [-0.3, -0.25) is 0 Å². The number of hydrogen-bond acceptors (Lipinski definition) is 2. The Bertz CT molecular complexity index is 693. The van der Waals surface area contributed by atoms with Crippen LogP contribution in [-0.2, 0) is 0 Å². The Kier molecular flexibility index (Phi) is 5.11. The molecular formula is C19H21FN2O2. The monoisotopic (exact) mass is 328 g/mol. The summed E-state index contributed by atoms with van der Waals surface area (Å²) in [5.41, 5.74) is 1.60. The van der Waals surface area contributed by atoms with Crippen molar-refractivity contribution in [1.29, 1.82) is 0 Å². The fourth-order valence-corrected chi connectivity index (χ4v) is 3.07. The van der Waals surface area contributed by atoms with Gasteiger partial charge in [0.05, 0.1) is 6.04 Å². The second-order valence-corrected chi connectivity index (χ2v) is 6.13. The molecule has 4 nitrogen and oxygen atoms in total. The van der Waals surface area contributed by atoms with Crippen molar-refractivity contribution < 1.29 is 14.3 Å². The lowest BCUT2D eigenvalue weighted by Crippen LogP contribution is -2.41. The number of nitrogens with zero attached hydrogens (tertiary/aromatic N) is 1. The van der Waals surface area contributed by atoms with Gasteiger partial charge in [-0.15, -0.1) is 0 Å². The van der Waals surface area contributed by atoms with Gasteiger partial charge in [0.25, 0.3) is 0 Å². The number of amides is 2. The van der Waals surface area contributed by atoms with E-state index in [0.717, 1.165) is 12.0 Å². The van der Waals surface area contributed by atoms with Gasteiger partial charge in [-0.1, -0.05) is 42.5 Å². The van der Waals surface area contributed by atoms with Crippen molar-refractivity contribution in [3.05, 3.63) is 71.5 Å². The summed E-state index contributed by atoms with van der Waals surface area (Å²) in [4.78, 5) is 14.3. The number of hydrogen-bond donors (Lipinski definition) is 2. The molecule has 0 bridgehead atoms. The number of aliphatic hydroxyl groups is 1. The van der Waals surface area contributed by atoms with Crippen molar-refractivity contribution in [3.8, 4) is 0 Å². The van der Waals surface area contributed by atoms with E-state index >= 15 is 0 Å². The molecule has 1 fully saturated rings. The molecule has 1 aliphatic rings. The fraction of sp³-hybridized carbons (Fsp3) is 0.316. The Morgan fingerprint density at radius 3 is 2.62 bits per heavy atom. The van der Waals surface area contributed by atoms with Gasteiger partial charge in [-0.25, -0.2) is 9.18 Å². The normalized spacial score (nSPS) is 18.4. The van der Waals surface area contributed by atoms with Gasteiger partial charge in [-0.05, 0) is 29.7 Å². The van der Waals surface area contributed by atoms with E-state index in [1.165, 1.54) is 12.1 Å². The largest absolute Gasteiger partial charge is 0.396 e. The SMILES string of the molecule is O=C(NC(c1ccccc1)c1cccc(F)c1)N1CCC(CO)C1. The summed E-state index contributed by atoms with van der Waals surface area (Å²) in [5, 5.41) is 12.2. The van der Waals surface area contributed by atoms with Crippen molar-refractivity contribution in [3.63, 3.8) is 0 Å². The predicted octanol–water partition coefficient (Wildman–Crippen LogP) is 2.94. The molecule has 0 aromatic heterocycles.